The molecule has 0 aromatic heterocycles. The average Bonchev–Trinajstić information content (AvgIpc) is 2.04. The first-order valence-corrected chi connectivity index (χ1v) is 4.36. The number of aliphatic hydroxyl groups excluding tert-OH is 1. The van der Waals surface area contributed by atoms with Gasteiger partial charge in [-0.15, -0.1) is 0 Å². The van der Waals surface area contributed by atoms with Crippen molar-refractivity contribution < 1.29 is 9.84 Å². The molecule has 0 aliphatic heterocycles. The number of ether oxygens (including phenoxy) is 1. The van der Waals surface area contributed by atoms with Gasteiger partial charge in [0.15, 0.2) is 0 Å². The molecular weight excluding hydrogens is 152 g/mol. The zero-order valence-corrected chi connectivity index (χ0v) is 7.71. The van der Waals surface area contributed by atoms with E-state index in [1.54, 1.807) is 0 Å². The molecule has 0 radical (unpaired) electrons. The van der Waals surface area contributed by atoms with Crippen LogP contribution in [0.4, 0.5) is 0 Å². The van der Waals surface area contributed by atoms with Gasteiger partial charge in [-0.25, -0.2) is 0 Å². The third-order valence-electron chi connectivity index (χ3n) is 2.04. The van der Waals surface area contributed by atoms with Crippen molar-refractivity contribution in [2.24, 2.45) is 5.92 Å². The minimum atomic E-state index is 0.0905. The third-order valence-corrected chi connectivity index (χ3v) is 2.04. The summed E-state index contributed by atoms with van der Waals surface area (Å²) in [4.78, 5) is 0. The lowest BCUT2D eigenvalue weighted by Crippen LogP contribution is -2.10. The SMILES string of the molecule is CC1=C(OCCO)C(C)CC=C1. The summed E-state index contributed by atoms with van der Waals surface area (Å²) in [6.07, 6.45) is 5.27. The molecule has 0 aromatic rings. The van der Waals surface area contributed by atoms with Crippen molar-refractivity contribution in [1.29, 1.82) is 0 Å². The van der Waals surface area contributed by atoms with Crippen LogP contribution in [0.25, 0.3) is 0 Å². The van der Waals surface area contributed by atoms with E-state index in [0.717, 1.165) is 12.2 Å². The van der Waals surface area contributed by atoms with Crippen molar-refractivity contribution >= 4 is 0 Å². The maximum atomic E-state index is 8.60. The minimum absolute atomic E-state index is 0.0905. The second-order valence-corrected chi connectivity index (χ2v) is 3.16. The van der Waals surface area contributed by atoms with Gasteiger partial charge in [-0.3, -0.25) is 0 Å². The van der Waals surface area contributed by atoms with E-state index in [-0.39, 0.29) is 6.61 Å². The van der Waals surface area contributed by atoms with Gasteiger partial charge in [0.2, 0.25) is 0 Å². The van der Waals surface area contributed by atoms with Crippen molar-refractivity contribution in [1.82, 2.24) is 0 Å². The van der Waals surface area contributed by atoms with Crippen LogP contribution in [-0.4, -0.2) is 18.3 Å². The molecule has 2 nitrogen and oxygen atoms in total. The molecule has 0 saturated heterocycles. The molecule has 2 heteroatoms. The molecule has 1 N–H and O–H groups in total. The fourth-order valence-electron chi connectivity index (χ4n) is 1.44. The van der Waals surface area contributed by atoms with Gasteiger partial charge in [-0.2, -0.15) is 0 Å². The van der Waals surface area contributed by atoms with E-state index in [2.05, 4.69) is 19.1 Å². The van der Waals surface area contributed by atoms with Crippen LogP contribution in [0.15, 0.2) is 23.5 Å². The van der Waals surface area contributed by atoms with Crippen molar-refractivity contribution in [2.45, 2.75) is 20.3 Å². The predicted octanol–water partition coefficient (Wildman–Crippen LogP) is 1.87. The van der Waals surface area contributed by atoms with Crippen molar-refractivity contribution in [3.05, 3.63) is 23.5 Å². The van der Waals surface area contributed by atoms with Crippen LogP contribution in [0.5, 0.6) is 0 Å². The van der Waals surface area contributed by atoms with Gasteiger partial charge < -0.3 is 9.84 Å². The average molecular weight is 168 g/mol. The molecule has 0 bridgehead atoms. The molecule has 0 saturated carbocycles. The first-order valence-electron chi connectivity index (χ1n) is 4.36. The van der Waals surface area contributed by atoms with Gasteiger partial charge >= 0.3 is 0 Å². The Morgan fingerprint density at radius 1 is 1.67 bits per heavy atom. The van der Waals surface area contributed by atoms with E-state index >= 15 is 0 Å². The highest BCUT2D eigenvalue weighted by molar-refractivity contribution is 5.25. The van der Waals surface area contributed by atoms with Crippen molar-refractivity contribution in [3.63, 3.8) is 0 Å². The Morgan fingerprint density at radius 3 is 3.00 bits per heavy atom. The Labute approximate surface area is 73.5 Å². The van der Waals surface area contributed by atoms with Crippen LogP contribution in [0.1, 0.15) is 20.3 Å². The molecule has 1 atom stereocenters. The van der Waals surface area contributed by atoms with Crippen LogP contribution in [0.3, 0.4) is 0 Å². The van der Waals surface area contributed by atoms with Crippen LogP contribution in [0, 0.1) is 5.92 Å². The fourth-order valence-corrected chi connectivity index (χ4v) is 1.44. The Balaban J connectivity index is 2.61. The van der Waals surface area contributed by atoms with Crippen LogP contribution in [0.2, 0.25) is 0 Å². The summed E-state index contributed by atoms with van der Waals surface area (Å²) < 4.78 is 5.44. The van der Waals surface area contributed by atoms with E-state index < -0.39 is 0 Å². The monoisotopic (exact) mass is 168 g/mol. The molecule has 0 spiro atoms. The van der Waals surface area contributed by atoms with E-state index in [1.165, 1.54) is 5.57 Å². The lowest BCUT2D eigenvalue weighted by molar-refractivity contribution is 0.125. The normalized spacial score (nSPS) is 23.1. The van der Waals surface area contributed by atoms with E-state index in [9.17, 15) is 0 Å². The second kappa shape index (κ2) is 4.31. The van der Waals surface area contributed by atoms with Gasteiger partial charge in [0, 0.05) is 5.92 Å². The fraction of sp³-hybridized carbons (Fsp3) is 0.600. The highest BCUT2D eigenvalue weighted by Gasteiger charge is 2.14. The van der Waals surface area contributed by atoms with Gasteiger partial charge in [0.25, 0.3) is 0 Å². The number of aliphatic hydroxyl groups is 1. The van der Waals surface area contributed by atoms with Crippen molar-refractivity contribution in [2.75, 3.05) is 13.2 Å². The highest BCUT2D eigenvalue weighted by Crippen LogP contribution is 2.25. The minimum Gasteiger partial charge on any atom is -0.495 e. The maximum Gasteiger partial charge on any atom is 0.111 e. The summed E-state index contributed by atoms with van der Waals surface area (Å²) in [7, 11) is 0. The summed E-state index contributed by atoms with van der Waals surface area (Å²) >= 11 is 0. The Morgan fingerprint density at radius 2 is 2.42 bits per heavy atom. The molecule has 1 rings (SSSR count). The predicted molar refractivity (Wildman–Crippen MR) is 48.7 cm³/mol. The zero-order valence-electron chi connectivity index (χ0n) is 7.71. The molecule has 0 fully saturated rings. The first kappa shape index (κ1) is 9.33. The van der Waals surface area contributed by atoms with Crippen LogP contribution in [-0.2, 0) is 4.74 Å². The summed E-state index contributed by atoms with van der Waals surface area (Å²) in [5.74, 6) is 1.49. The van der Waals surface area contributed by atoms with E-state index in [0.29, 0.717) is 12.5 Å². The Hall–Kier alpha value is -0.760. The third kappa shape index (κ3) is 2.11. The number of hydrogen-bond donors (Lipinski definition) is 1. The largest absolute Gasteiger partial charge is 0.495 e. The zero-order chi connectivity index (χ0) is 8.97. The molecule has 1 unspecified atom stereocenters. The van der Waals surface area contributed by atoms with Gasteiger partial charge in [-0.1, -0.05) is 19.1 Å². The van der Waals surface area contributed by atoms with Gasteiger partial charge in [0.1, 0.15) is 12.4 Å². The van der Waals surface area contributed by atoms with Crippen LogP contribution < -0.4 is 0 Å². The molecule has 1 aliphatic carbocycles. The number of allylic oxidation sites excluding steroid dienone is 4. The summed E-state index contributed by atoms with van der Waals surface area (Å²) in [5, 5.41) is 8.60. The quantitative estimate of drug-likeness (QED) is 0.697. The smallest absolute Gasteiger partial charge is 0.111 e. The summed E-state index contributed by atoms with van der Waals surface area (Å²) in [6.45, 7) is 4.68. The highest BCUT2D eigenvalue weighted by atomic mass is 16.5. The van der Waals surface area contributed by atoms with E-state index in [1.807, 2.05) is 6.92 Å². The second-order valence-electron chi connectivity index (χ2n) is 3.16. The Kier molecular flexibility index (Phi) is 3.35. The molecule has 1 aliphatic rings. The molecule has 0 heterocycles. The Bertz CT molecular complexity index is 204. The molecule has 68 valence electrons. The maximum absolute atomic E-state index is 8.60. The van der Waals surface area contributed by atoms with Crippen molar-refractivity contribution in [3.8, 4) is 0 Å². The molecule has 0 aromatic carbocycles. The summed E-state index contributed by atoms with van der Waals surface area (Å²) in [5.41, 5.74) is 1.18. The first-order chi connectivity index (χ1) is 5.75. The van der Waals surface area contributed by atoms with Gasteiger partial charge in [-0.05, 0) is 18.9 Å². The molecular formula is C10H16O2. The topological polar surface area (TPSA) is 29.5 Å². The van der Waals surface area contributed by atoms with E-state index in [4.69, 9.17) is 9.84 Å². The lowest BCUT2D eigenvalue weighted by Gasteiger charge is -2.20. The number of hydrogen-bond acceptors (Lipinski definition) is 2. The summed E-state index contributed by atoms with van der Waals surface area (Å²) in [6, 6.07) is 0. The standard InChI is InChI=1S/C10H16O2/c1-8-4-3-5-9(2)10(8)12-7-6-11/h3-4,9,11H,5-7H2,1-2H3. The lowest BCUT2D eigenvalue weighted by atomic mass is 9.96. The van der Waals surface area contributed by atoms with Crippen LogP contribution >= 0.6 is 0 Å². The number of rotatable bonds is 3. The molecule has 12 heavy (non-hydrogen) atoms. The molecule has 0 amide bonds. The van der Waals surface area contributed by atoms with Gasteiger partial charge in [0.05, 0.1) is 6.61 Å².